The summed E-state index contributed by atoms with van der Waals surface area (Å²) >= 11 is 0. The molecule has 0 spiro atoms. The molecule has 0 saturated carbocycles. The van der Waals surface area contributed by atoms with Crippen molar-refractivity contribution in [3.05, 3.63) is 59.7 Å². The van der Waals surface area contributed by atoms with Crippen molar-refractivity contribution in [2.45, 2.75) is 6.54 Å². The molecule has 0 atom stereocenters. The van der Waals surface area contributed by atoms with Gasteiger partial charge in [0.1, 0.15) is 6.29 Å². The van der Waals surface area contributed by atoms with Crippen LogP contribution in [-0.4, -0.2) is 20.4 Å². The molecule has 4 N–H and O–H groups in total. The smallest absolute Gasteiger partial charge is 0.150 e. The summed E-state index contributed by atoms with van der Waals surface area (Å²) in [5, 5.41) is 6.17. The molecule has 2 aromatic carbocycles. The van der Waals surface area contributed by atoms with Crippen LogP contribution < -0.4 is 16.4 Å². The van der Waals surface area contributed by atoms with E-state index in [1.54, 1.807) is 12.1 Å². The number of aldehydes is 1. The first-order valence-corrected chi connectivity index (χ1v) is 6.43. The van der Waals surface area contributed by atoms with Gasteiger partial charge in [-0.25, -0.2) is 0 Å². The minimum atomic E-state index is 0.527. The van der Waals surface area contributed by atoms with Crippen molar-refractivity contribution in [3.63, 3.8) is 0 Å². The predicted octanol–water partition coefficient (Wildman–Crippen LogP) is 2.73. The number of carbonyl (C=O) groups excluding carboxylic acids is 1. The van der Waals surface area contributed by atoms with Crippen LogP contribution in [0, 0.1) is 0 Å². The second-order valence-corrected chi connectivity index (χ2v) is 4.11. The number of anilines is 2. The molecule has 0 bridgehead atoms. The number of nitrogens with two attached hydrogens (primary N) is 1. The van der Waals surface area contributed by atoms with E-state index in [1.807, 2.05) is 50.5 Å². The molecule has 4 heteroatoms. The van der Waals surface area contributed by atoms with Gasteiger partial charge in [0.05, 0.1) is 11.4 Å². The fourth-order valence-corrected chi connectivity index (χ4v) is 1.65. The van der Waals surface area contributed by atoms with E-state index >= 15 is 0 Å². The maximum Gasteiger partial charge on any atom is 0.150 e. The van der Waals surface area contributed by atoms with Gasteiger partial charge in [0.15, 0.2) is 0 Å². The summed E-state index contributed by atoms with van der Waals surface area (Å²) < 4.78 is 0. The lowest BCUT2D eigenvalue weighted by Gasteiger charge is -2.06. The molecule has 0 fully saturated rings. The molecule has 20 heavy (non-hydrogen) atoms. The Labute approximate surface area is 120 Å². The Balaban J connectivity index is 0.000000200. The molecule has 0 aliphatic rings. The first-order chi connectivity index (χ1) is 9.74. The van der Waals surface area contributed by atoms with Gasteiger partial charge in [0.25, 0.3) is 0 Å². The van der Waals surface area contributed by atoms with Crippen molar-refractivity contribution >= 4 is 17.7 Å². The van der Waals surface area contributed by atoms with Crippen molar-refractivity contribution < 1.29 is 4.79 Å². The number of para-hydroxylation sites is 2. The summed E-state index contributed by atoms with van der Waals surface area (Å²) in [4.78, 5) is 10.2. The van der Waals surface area contributed by atoms with Gasteiger partial charge in [-0.05, 0) is 17.7 Å². The van der Waals surface area contributed by atoms with Crippen LogP contribution in [0.5, 0.6) is 0 Å². The molecule has 0 amide bonds. The molecule has 4 nitrogen and oxygen atoms in total. The van der Waals surface area contributed by atoms with Crippen LogP contribution in [0.15, 0.2) is 48.5 Å². The largest absolute Gasteiger partial charge is 0.386 e. The fourth-order valence-electron chi connectivity index (χ4n) is 1.65. The van der Waals surface area contributed by atoms with Gasteiger partial charge in [0.2, 0.25) is 0 Å². The monoisotopic (exact) mass is 271 g/mol. The van der Waals surface area contributed by atoms with E-state index in [2.05, 4.69) is 10.6 Å². The van der Waals surface area contributed by atoms with Crippen LogP contribution in [0.3, 0.4) is 0 Å². The zero-order valence-electron chi connectivity index (χ0n) is 11.9. The summed E-state index contributed by atoms with van der Waals surface area (Å²) in [6, 6.07) is 15.3. The van der Waals surface area contributed by atoms with E-state index in [4.69, 9.17) is 5.73 Å². The van der Waals surface area contributed by atoms with Crippen molar-refractivity contribution in [1.82, 2.24) is 0 Å². The minimum Gasteiger partial charge on any atom is -0.386 e. The number of rotatable bonds is 4. The van der Waals surface area contributed by atoms with Gasteiger partial charge in [0, 0.05) is 26.2 Å². The van der Waals surface area contributed by atoms with Gasteiger partial charge in [-0.2, -0.15) is 0 Å². The summed E-state index contributed by atoms with van der Waals surface area (Å²) in [6.07, 6.45) is 0.820. The lowest BCUT2D eigenvalue weighted by molar-refractivity contribution is 0.112. The molecule has 0 heterocycles. The summed E-state index contributed by atoms with van der Waals surface area (Å²) in [5.74, 6) is 0. The lowest BCUT2D eigenvalue weighted by Crippen LogP contribution is -1.95. The summed E-state index contributed by atoms with van der Waals surface area (Å²) in [5.41, 5.74) is 9.35. The van der Waals surface area contributed by atoms with Crippen LogP contribution in [-0.2, 0) is 6.54 Å². The predicted molar refractivity (Wildman–Crippen MR) is 85.3 cm³/mol. The van der Waals surface area contributed by atoms with Crippen molar-refractivity contribution in [1.29, 1.82) is 0 Å². The van der Waals surface area contributed by atoms with Crippen LogP contribution in [0.4, 0.5) is 11.4 Å². The highest BCUT2D eigenvalue weighted by molar-refractivity contribution is 5.74. The maximum atomic E-state index is 10.2. The van der Waals surface area contributed by atoms with Gasteiger partial charge >= 0.3 is 0 Å². The average molecular weight is 271 g/mol. The van der Waals surface area contributed by atoms with Crippen molar-refractivity contribution in [2.24, 2.45) is 5.73 Å². The fraction of sp³-hybridized carbons (Fsp3) is 0.188. The molecular formula is C16H21N3O. The van der Waals surface area contributed by atoms with Gasteiger partial charge < -0.3 is 16.4 Å². The molecule has 0 saturated heterocycles. The SMILES string of the molecule is CNc1ccccc1NC.NCc1ccc(C=O)cc1. The third kappa shape index (κ3) is 4.74. The number of hydrogen-bond acceptors (Lipinski definition) is 4. The Morgan fingerprint density at radius 2 is 1.45 bits per heavy atom. The zero-order chi connectivity index (χ0) is 14.8. The number of nitrogens with one attached hydrogen (secondary N) is 2. The Morgan fingerprint density at radius 1 is 0.950 bits per heavy atom. The Kier molecular flexibility index (Phi) is 6.85. The molecule has 0 unspecified atom stereocenters. The van der Waals surface area contributed by atoms with Crippen LogP contribution in [0.2, 0.25) is 0 Å². The maximum absolute atomic E-state index is 10.2. The van der Waals surface area contributed by atoms with Crippen LogP contribution >= 0.6 is 0 Å². The third-order valence-corrected chi connectivity index (χ3v) is 2.82. The van der Waals surface area contributed by atoms with E-state index in [0.29, 0.717) is 12.1 Å². The van der Waals surface area contributed by atoms with Gasteiger partial charge in [-0.15, -0.1) is 0 Å². The van der Waals surface area contributed by atoms with Crippen molar-refractivity contribution in [3.8, 4) is 0 Å². The van der Waals surface area contributed by atoms with Gasteiger partial charge in [-0.1, -0.05) is 36.4 Å². The number of carbonyl (C=O) groups is 1. The summed E-state index contributed by atoms with van der Waals surface area (Å²) in [6.45, 7) is 0.527. The van der Waals surface area contributed by atoms with E-state index in [9.17, 15) is 4.79 Å². The van der Waals surface area contributed by atoms with E-state index in [-0.39, 0.29) is 0 Å². The van der Waals surface area contributed by atoms with Crippen LogP contribution in [0.25, 0.3) is 0 Å². The average Bonchev–Trinajstić information content (AvgIpc) is 2.55. The Hall–Kier alpha value is -2.33. The lowest BCUT2D eigenvalue weighted by atomic mass is 10.1. The van der Waals surface area contributed by atoms with E-state index < -0.39 is 0 Å². The third-order valence-electron chi connectivity index (χ3n) is 2.82. The molecular weight excluding hydrogens is 250 g/mol. The van der Waals surface area contributed by atoms with E-state index in [1.165, 1.54) is 0 Å². The highest BCUT2D eigenvalue weighted by Gasteiger charge is 1.92. The first-order valence-electron chi connectivity index (χ1n) is 6.43. The topological polar surface area (TPSA) is 67.2 Å². The Morgan fingerprint density at radius 3 is 1.80 bits per heavy atom. The van der Waals surface area contributed by atoms with Gasteiger partial charge in [-0.3, -0.25) is 4.79 Å². The summed E-state index contributed by atoms with van der Waals surface area (Å²) in [7, 11) is 3.83. The second-order valence-electron chi connectivity index (χ2n) is 4.11. The number of hydrogen-bond donors (Lipinski definition) is 3. The number of benzene rings is 2. The highest BCUT2D eigenvalue weighted by atomic mass is 16.1. The zero-order valence-corrected chi connectivity index (χ0v) is 11.9. The second kappa shape index (κ2) is 8.72. The molecule has 2 aromatic rings. The minimum absolute atomic E-state index is 0.527. The quantitative estimate of drug-likeness (QED) is 0.748. The normalized spacial score (nSPS) is 9.15. The highest BCUT2D eigenvalue weighted by Crippen LogP contribution is 2.18. The Bertz CT molecular complexity index is 501. The molecule has 0 aliphatic heterocycles. The first kappa shape index (κ1) is 15.7. The molecule has 0 radical (unpaired) electrons. The van der Waals surface area contributed by atoms with Crippen LogP contribution in [0.1, 0.15) is 15.9 Å². The standard InChI is InChI=1S/C8H12N2.C8H9NO/c1-9-7-5-3-4-6-8(7)10-2;9-5-7-1-3-8(6-10)4-2-7/h3-6,9-10H,1-2H3;1-4,6H,5,9H2. The molecule has 106 valence electrons. The molecule has 2 rings (SSSR count). The molecule has 0 aliphatic carbocycles. The molecule has 0 aromatic heterocycles. The van der Waals surface area contributed by atoms with E-state index in [0.717, 1.165) is 23.2 Å². The van der Waals surface area contributed by atoms with Crippen molar-refractivity contribution in [2.75, 3.05) is 24.7 Å².